The number of phosphoric acid groups is 2. The first kappa shape index (κ1) is 20.5. The molecule has 1 heterocycles. The molecule has 2 unspecified atom stereocenters. The Morgan fingerprint density at radius 3 is 2.12 bits per heavy atom. The van der Waals surface area contributed by atoms with Crippen molar-refractivity contribution < 1.29 is 42.2 Å². The molecular formula is C12H27N2O8P2+. The molecule has 2 aliphatic rings. The topological polar surface area (TPSA) is 137 Å². The van der Waals surface area contributed by atoms with E-state index in [1.807, 2.05) is 14.1 Å². The molecule has 0 bridgehead atoms. The van der Waals surface area contributed by atoms with Crippen molar-refractivity contribution in [2.75, 3.05) is 40.6 Å². The maximum atomic E-state index is 11.0. The molecule has 1 saturated heterocycles. The van der Waals surface area contributed by atoms with Crippen molar-refractivity contribution in [3.05, 3.63) is 0 Å². The average molecular weight is 389 g/mol. The predicted molar refractivity (Wildman–Crippen MR) is 84.4 cm³/mol. The number of rotatable bonds is 8. The van der Waals surface area contributed by atoms with E-state index in [0.717, 1.165) is 32.2 Å². The minimum Gasteiger partial charge on any atom is -0.309 e. The van der Waals surface area contributed by atoms with Gasteiger partial charge in [0.2, 0.25) is 0 Å². The Bertz CT molecular complexity index is 521. The number of nitrogens with zero attached hydrogens (tertiary/aromatic N) is 2. The number of phosphoric ester groups is 2. The highest BCUT2D eigenvalue weighted by molar-refractivity contribution is 7.46. The van der Waals surface area contributed by atoms with Crippen molar-refractivity contribution >= 4 is 15.6 Å². The highest BCUT2D eigenvalue weighted by atomic mass is 31.2. The smallest absolute Gasteiger partial charge is 0.309 e. The zero-order chi connectivity index (χ0) is 18.2. The van der Waals surface area contributed by atoms with E-state index in [4.69, 9.17) is 19.6 Å². The Balaban J connectivity index is 2.10. The molecule has 0 radical (unpaired) electrons. The highest BCUT2D eigenvalue weighted by Gasteiger charge is 2.71. The largest absolute Gasteiger partial charge is 0.474 e. The van der Waals surface area contributed by atoms with Crippen LogP contribution in [0.4, 0.5) is 0 Å². The first-order chi connectivity index (χ1) is 10.9. The lowest BCUT2D eigenvalue weighted by molar-refractivity contribution is -0.866. The molecule has 24 heavy (non-hydrogen) atoms. The van der Waals surface area contributed by atoms with Gasteiger partial charge in [-0.25, -0.2) is 18.2 Å². The van der Waals surface area contributed by atoms with Gasteiger partial charge in [-0.3, -0.25) is 4.48 Å². The van der Waals surface area contributed by atoms with Gasteiger partial charge >= 0.3 is 15.6 Å². The molecule has 0 aromatic heterocycles. The Morgan fingerprint density at radius 2 is 1.67 bits per heavy atom. The van der Waals surface area contributed by atoms with Crippen molar-refractivity contribution in [1.82, 2.24) is 4.90 Å². The van der Waals surface area contributed by atoms with Gasteiger partial charge in [-0.15, -0.1) is 0 Å². The van der Waals surface area contributed by atoms with Crippen LogP contribution in [0.2, 0.25) is 0 Å². The summed E-state index contributed by atoms with van der Waals surface area (Å²) in [5.41, 5.74) is -0.288. The zero-order valence-corrected chi connectivity index (χ0v) is 15.7. The van der Waals surface area contributed by atoms with Crippen molar-refractivity contribution in [1.29, 1.82) is 0 Å². The molecule has 10 nitrogen and oxygen atoms in total. The standard InChI is InChI=1S/C12H26N2O8P2/c1-13(2)7-11-4-3-5-12(6-11)8-14(12,9-21-23(15,16)17)10-22-24(18,19)20/h11H,3-10H2,1-2H3,(H3-,15,16,17,18,19,20)/p+1. The van der Waals surface area contributed by atoms with E-state index in [9.17, 15) is 9.13 Å². The van der Waals surface area contributed by atoms with Crippen molar-refractivity contribution in [3.8, 4) is 0 Å². The molecule has 1 aliphatic heterocycles. The molecular weight excluding hydrogens is 362 g/mol. The third-order valence-electron chi connectivity index (χ3n) is 4.99. The second-order valence-corrected chi connectivity index (χ2v) is 9.73. The quantitative estimate of drug-likeness (QED) is 0.265. The van der Waals surface area contributed by atoms with Crippen LogP contribution in [0.5, 0.6) is 0 Å². The maximum absolute atomic E-state index is 11.0. The van der Waals surface area contributed by atoms with Crippen LogP contribution < -0.4 is 0 Å². The fourth-order valence-electron chi connectivity index (χ4n) is 4.01. The van der Waals surface area contributed by atoms with Gasteiger partial charge in [0.15, 0.2) is 19.0 Å². The summed E-state index contributed by atoms with van der Waals surface area (Å²) in [5.74, 6) is 0.430. The van der Waals surface area contributed by atoms with Crippen LogP contribution in [0.25, 0.3) is 0 Å². The van der Waals surface area contributed by atoms with Crippen LogP contribution in [-0.2, 0) is 18.2 Å². The monoisotopic (exact) mass is 389 g/mol. The van der Waals surface area contributed by atoms with Crippen LogP contribution in [0.3, 0.4) is 0 Å². The molecule has 2 fully saturated rings. The lowest BCUT2D eigenvalue weighted by Gasteiger charge is -2.33. The molecule has 4 N–H and O–H groups in total. The average Bonchev–Trinajstić information content (AvgIpc) is 2.99. The van der Waals surface area contributed by atoms with E-state index in [1.165, 1.54) is 0 Å². The van der Waals surface area contributed by atoms with Gasteiger partial charge in [0, 0.05) is 19.4 Å². The van der Waals surface area contributed by atoms with Gasteiger partial charge < -0.3 is 24.5 Å². The number of quaternary nitrogens is 1. The third-order valence-corrected chi connectivity index (χ3v) is 5.90. The first-order valence-corrected chi connectivity index (χ1v) is 10.8. The molecule has 0 aromatic rings. The summed E-state index contributed by atoms with van der Waals surface area (Å²) >= 11 is 0. The van der Waals surface area contributed by atoms with E-state index in [1.54, 1.807) is 0 Å². The molecule has 0 amide bonds. The van der Waals surface area contributed by atoms with Crippen molar-refractivity contribution in [3.63, 3.8) is 0 Å². The summed E-state index contributed by atoms with van der Waals surface area (Å²) in [4.78, 5) is 38.0. The molecule has 1 saturated carbocycles. The predicted octanol–water partition coefficient (Wildman–Crippen LogP) is 0.441. The van der Waals surface area contributed by atoms with E-state index in [2.05, 4.69) is 13.9 Å². The van der Waals surface area contributed by atoms with Crippen LogP contribution in [0.15, 0.2) is 0 Å². The Kier molecular flexibility index (Phi) is 6.00. The van der Waals surface area contributed by atoms with E-state index < -0.39 is 15.6 Å². The lowest BCUT2D eigenvalue weighted by atomic mass is 9.80. The fourth-order valence-corrected chi connectivity index (χ4v) is 4.75. The Hall–Kier alpha value is 0.140. The van der Waals surface area contributed by atoms with Gasteiger partial charge in [-0.2, -0.15) is 0 Å². The third kappa shape index (κ3) is 5.32. The summed E-state index contributed by atoms with van der Waals surface area (Å²) in [7, 11) is -5.35. The summed E-state index contributed by atoms with van der Waals surface area (Å²) in [6.07, 6.45) is 3.68. The highest BCUT2D eigenvalue weighted by Crippen LogP contribution is 2.56. The second kappa shape index (κ2) is 7.04. The lowest BCUT2D eigenvalue weighted by Crippen LogP contribution is -2.43. The fraction of sp³-hybridized carbons (Fsp3) is 1.00. The summed E-state index contributed by atoms with van der Waals surface area (Å²) in [5, 5.41) is 0. The normalized spacial score (nSPS) is 30.0. The molecule has 2 atom stereocenters. The van der Waals surface area contributed by atoms with Gasteiger partial charge in [0.1, 0.15) is 6.54 Å². The zero-order valence-electron chi connectivity index (χ0n) is 13.9. The summed E-state index contributed by atoms with van der Waals surface area (Å²) in [6.45, 7) is 0.801. The summed E-state index contributed by atoms with van der Waals surface area (Å²) < 4.78 is 31.4. The van der Waals surface area contributed by atoms with Crippen LogP contribution >= 0.6 is 15.6 Å². The molecule has 2 rings (SSSR count). The Morgan fingerprint density at radius 1 is 1.12 bits per heavy atom. The van der Waals surface area contributed by atoms with Gasteiger partial charge in [-0.1, -0.05) is 0 Å². The van der Waals surface area contributed by atoms with Gasteiger partial charge in [0.25, 0.3) is 0 Å². The summed E-state index contributed by atoms with van der Waals surface area (Å²) in [6, 6.07) is 0. The number of hydrogen-bond acceptors (Lipinski definition) is 5. The second-order valence-electron chi connectivity index (χ2n) is 7.25. The van der Waals surface area contributed by atoms with Crippen LogP contribution in [0, 0.1) is 5.92 Å². The molecule has 12 heteroatoms. The van der Waals surface area contributed by atoms with Crippen LogP contribution in [0.1, 0.15) is 25.7 Å². The molecule has 1 spiro atoms. The SMILES string of the molecule is CN(C)CC1CCCC2(C1)C[N+]2(COP(=O)(O)O)COP(=O)(O)O. The van der Waals surface area contributed by atoms with Gasteiger partial charge in [0.05, 0.1) is 0 Å². The Labute approximate surface area is 141 Å². The number of hydrogen-bond donors (Lipinski definition) is 4. The molecule has 0 aromatic carbocycles. The van der Waals surface area contributed by atoms with Gasteiger partial charge in [-0.05, 0) is 32.9 Å². The minimum absolute atomic E-state index is 0.0210. The maximum Gasteiger partial charge on any atom is 0.474 e. The van der Waals surface area contributed by atoms with Crippen LogP contribution in [-0.4, -0.2) is 75.1 Å². The molecule has 1 aliphatic carbocycles. The minimum atomic E-state index is -4.67. The molecule has 142 valence electrons. The van der Waals surface area contributed by atoms with E-state index in [-0.39, 0.29) is 23.5 Å². The van der Waals surface area contributed by atoms with E-state index >= 15 is 0 Å². The van der Waals surface area contributed by atoms with E-state index in [0.29, 0.717) is 12.5 Å². The van der Waals surface area contributed by atoms with Crippen molar-refractivity contribution in [2.24, 2.45) is 5.92 Å². The first-order valence-electron chi connectivity index (χ1n) is 7.78. The van der Waals surface area contributed by atoms with Crippen molar-refractivity contribution in [2.45, 2.75) is 31.2 Å².